The van der Waals surface area contributed by atoms with Gasteiger partial charge < -0.3 is 4.52 Å². The van der Waals surface area contributed by atoms with Gasteiger partial charge in [-0.05, 0) is 26.0 Å². The lowest BCUT2D eigenvalue weighted by atomic mass is 10.3. The number of hydrogen-bond acceptors (Lipinski definition) is 5. The highest BCUT2D eigenvalue weighted by molar-refractivity contribution is 7.91. The molecule has 17 heavy (non-hydrogen) atoms. The maximum absolute atomic E-state index is 11.9. The first-order valence-corrected chi connectivity index (χ1v) is 7.25. The topological polar surface area (TPSA) is 72.2 Å². The molecular weight excluding hydrogens is 260 g/mol. The van der Waals surface area contributed by atoms with Gasteiger partial charge in [0.15, 0.2) is 0 Å². The summed E-state index contributed by atoms with van der Waals surface area (Å²) < 4.78 is 31.5. The van der Waals surface area contributed by atoms with Crippen LogP contribution in [0, 0.1) is 13.8 Å². The summed E-state index contributed by atoms with van der Waals surface area (Å²) in [6.45, 7) is 3.80. The molecule has 0 saturated heterocycles. The van der Waals surface area contributed by atoms with Crippen LogP contribution in [0.1, 0.15) is 16.2 Å². The van der Waals surface area contributed by atoms with Crippen LogP contribution in [-0.2, 0) is 16.6 Å². The van der Waals surface area contributed by atoms with Crippen molar-refractivity contribution in [1.82, 2.24) is 9.88 Å². The first kappa shape index (κ1) is 12.3. The second-order valence-electron chi connectivity index (χ2n) is 3.60. The molecule has 0 radical (unpaired) electrons. The third-order valence-corrected chi connectivity index (χ3v) is 5.18. The molecule has 2 aromatic rings. The van der Waals surface area contributed by atoms with E-state index in [4.69, 9.17) is 4.52 Å². The normalized spacial score (nSPS) is 11.9. The second-order valence-corrected chi connectivity index (χ2v) is 6.88. The van der Waals surface area contributed by atoms with Crippen LogP contribution in [0.25, 0.3) is 0 Å². The average molecular weight is 272 g/mol. The Bertz CT molecular complexity index is 613. The predicted molar refractivity (Wildman–Crippen MR) is 64.3 cm³/mol. The molecule has 5 nitrogen and oxygen atoms in total. The predicted octanol–water partition coefficient (Wildman–Crippen LogP) is 1.83. The van der Waals surface area contributed by atoms with Gasteiger partial charge in [-0.25, -0.2) is 13.1 Å². The van der Waals surface area contributed by atoms with Gasteiger partial charge in [-0.15, -0.1) is 11.3 Å². The number of rotatable bonds is 4. The summed E-state index contributed by atoms with van der Waals surface area (Å²) in [5, 5.41) is 3.59. The zero-order chi connectivity index (χ0) is 12.5. The van der Waals surface area contributed by atoms with Gasteiger partial charge in [-0.2, -0.15) is 0 Å². The lowest BCUT2D eigenvalue weighted by molar-refractivity contribution is 0.396. The quantitative estimate of drug-likeness (QED) is 0.921. The Balaban J connectivity index is 2.11. The van der Waals surface area contributed by atoms with E-state index in [1.165, 1.54) is 17.5 Å². The van der Waals surface area contributed by atoms with E-state index < -0.39 is 10.0 Å². The Labute approximate surface area is 103 Å². The van der Waals surface area contributed by atoms with Crippen molar-refractivity contribution in [3.8, 4) is 0 Å². The van der Waals surface area contributed by atoms with E-state index in [1.54, 1.807) is 19.1 Å². The minimum atomic E-state index is -3.43. The van der Waals surface area contributed by atoms with Crippen LogP contribution in [0.4, 0.5) is 0 Å². The van der Waals surface area contributed by atoms with Gasteiger partial charge in [0.25, 0.3) is 0 Å². The maximum atomic E-state index is 11.9. The highest BCUT2D eigenvalue weighted by Gasteiger charge is 2.16. The van der Waals surface area contributed by atoms with E-state index in [0.29, 0.717) is 9.97 Å². The first-order valence-electron chi connectivity index (χ1n) is 4.95. The summed E-state index contributed by atoms with van der Waals surface area (Å²) in [4.78, 5) is 0.964. The summed E-state index contributed by atoms with van der Waals surface area (Å²) in [6.07, 6.45) is 1.51. The first-order chi connectivity index (χ1) is 7.99. The standard InChI is InChI=1S/C10H12N2O3S2/c1-7-3-4-10(16-7)17(13,14)12-6-9-5-11-15-8(9)2/h3-5,12H,6H2,1-2H3. The largest absolute Gasteiger partial charge is 0.361 e. The van der Waals surface area contributed by atoms with E-state index in [9.17, 15) is 8.42 Å². The Hall–Kier alpha value is -1.18. The van der Waals surface area contributed by atoms with E-state index in [2.05, 4.69) is 9.88 Å². The molecule has 0 fully saturated rings. The van der Waals surface area contributed by atoms with E-state index >= 15 is 0 Å². The van der Waals surface area contributed by atoms with Crippen molar-refractivity contribution in [3.63, 3.8) is 0 Å². The molecule has 2 aromatic heterocycles. The highest BCUT2D eigenvalue weighted by Crippen LogP contribution is 2.20. The number of aryl methyl sites for hydroxylation is 2. The molecule has 0 saturated carbocycles. The molecule has 0 atom stereocenters. The van der Waals surface area contributed by atoms with Gasteiger partial charge in [0.2, 0.25) is 10.0 Å². The Morgan fingerprint density at radius 1 is 1.41 bits per heavy atom. The molecule has 0 amide bonds. The second kappa shape index (κ2) is 4.59. The summed E-state index contributed by atoms with van der Waals surface area (Å²) in [5.41, 5.74) is 0.738. The molecule has 0 aliphatic heterocycles. The fraction of sp³-hybridized carbons (Fsp3) is 0.300. The zero-order valence-electron chi connectivity index (χ0n) is 9.43. The summed E-state index contributed by atoms with van der Waals surface area (Å²) in [7, 11) is -3.43. The van der Waals surface area contributed by atoms with Crippen molar-refractivity contribution < 1.29 is 12.9 Å². The molecule has 2 rings (SSSR count). The average Bonchev–Trinajstić information content (AvgIpc) is 2.85. The molecule has 0 spiro atoms. The lowest BCUT2D eigenvalue weighted by Gasteiger charge is -2.02. The van der Waals surface area contributed by atoms with Crippen molar-refractivity contribution in [2.45, 2.75) is 24.6 Å². The number of sulfonamides is 1. The molecule has 1 N–H and O–H groups in total. The van der Waals surface area contributed by atoms with Crippen LogP contribution in [0.5, 0.6) is 0 Å². The van der Waals surface area contributed by atoms with Crippen LogP contribution in [0.3, 0.4) is 0 Å². The molecular formula is C10H12N2O3S2. The van der Waals surface area contributed by atoms with Crippen LogP contribution < -0.4 is 4.72 Å². The molecule has 0 bridgehead atoms. The maximum Gasteiger partial charge on any atom is 0.250 e. The van der Waals surface area contributed by atoms with Crippen molar-refractivity contribution in [3.05, 3.63) is 34.5 Å². The number of nitrogens with zero attached hydrogens (tertiary/aromatic N) is 1. The van der Waals surface area contributed by atoms with Gasteiger partial charge in [0.05, 0.1) is 6.20 Å². The fourth-order valence-electron chi connectivity index (χ4n) is 1.29. The van der Waals surface area contributed by atoms with Gasteiger partial charge in [-0.3, -0.25) is 0 Å². The van der Waals surface area contributed by atoms with Crippen molar-refractivity contribution in [2.24, 2.45) is 0 Å². The Morgan fingerprint density at radius 3 is 2.71 bits per heavy atom. The molecule has 0 aliphatic rings. The number of nitrogens with one attached hydrogen (secondary N) is 1. The minimum Gasteiger partial charge on any atom is -0.361 e. The summed E-state index contributed by atoms with van der Waals surface area (Å²) >= 11 is 1.25. The lowest BCUT2D eigenvalue weighted by Crippen LogP contribution is -2.22. The van der Waals surface area contributed by atoms with Crippen LogP contribution in [0.15, 0.2) is 27.1 Å². The van der Waals surface area contributed by atoms with E-state index in [0.717, 1.165) is 10.4 Å². The minimum absolute atomic E-state index is 0.189. The van der Waals surface area contributed by atoms with Gasteiger partial charge in [0, 0.05) is 17.0 Å². The van der Waals surface area contributed by atoms with E-state index in [-0.39, 0.29) is 6.54 Å². The van der Waals surface area contributed by atoms with Crippen LogP contribution in [-0.4, -0.2) is 13.6 Å². The molecule has 92 valence electrons. The summed E-state index contributed by atoms with van der Waals surface area (Å²) in [6, 6.07) is 3.38. The Kier molecular flexibility index (Phi) is 3.32. The van der Waals surface area contributed by atoms with Crippen molar-refractivity contribution >= 4 is 21.4 Å². The zero-order valence-corrected chi connectivity index (χ0v) is 11.1. The third-order valence-electron chi connectivity index (χ3n) is 2.28. The fourth-order valence-corrected chi connectivity index (χ4v) is 3.62. The Morgan fingerprint density at radius 2 is 2.18 bits per heavy atom. The van der Waals surface area contributed by atoms with Gasteiger partial charge in [0.1, 0.15) is 9.97 Å². The highest BCUT2D eigenvalue weighted by atomic mass is 32.2. The summed E-state index contributed by atoms with van der Waals surface area (Å²) in [5.74, 6) is 0.620. The smallest absolute Gasteiger partial charge is 0.250 e. The molecule has 2 heterocycles. The molecule has 0 unspecified atom stereocenters. The van der Waals surface area contributed by atoms with Crippen molar-refractivity contribution in [1.29, 1.82) is 0 Å². The van der Waals surface area contributed by atoms with Gasteiger partial charge >= 0.3 is 0 Å². The molecule has 7 heteroatoms. The molecule has 0 aliphatic carbocycles. The van der Waals surface area contributed by atoms with Gasteiger partial charge in [-0.1, -0.05) is 5.16 Å². The van der Waals surface area contributed by atoms with Crippen molar-refractivity contribution in [2.75, 3.05) is 0 Å². The number of aromatic nitrogens is 1. The number of hydrogen-bond donors (Lipinski definition) is 1. The van der Waals surface area contributed by atoms with Crippen LogP contribution >= 0.6 is 11.3 Å². The SMILES string of the molecule is Cc1ccc(S(=O)(=O)NCc2cnoc2C)s1. The molecule has 0 aromatic carbocycles. The third kappa shape index (κ3) is 2.74. The van der Waals surface area contributed by atoms with Crippen LogP contribution in [0.2, 0.25) is 0 Å². The monoisotopic (exact) mass is 272 g/mol. The van der Waals surface area contributed by atoms with E-state index in [1.807, 2.05) is 6.92 Å². The number of thiophene rings is 1.